The predicted molar refractivity (Wildman–Crippen MR) is 77.0 cm³/mol. The fourth-order valence-electron chi connectivity index (χ4n) is 2.42. The van der Waals surface area contributed by atoms with Gasteiger partial charge in [0.15, 0.2) is 11.5 Å². The Hall–Kier alpha value is -1.26. The van der Waals surface area contributed by atoms with Crippen molar-refractivity contribution in [2.45, 2.75) is 19.4 Å². The predicted octanol–water partition coefficient (Wildman–Crippen LogP) is 1.76. The van der Waals surface area contributed by atoms with Crippen molar-refractivity contribution >= 4 is 0 Å². The van der Waals surface area contributed by atoms with E-state index in [2.05, 4.69) is 17.1 Å². The van der Waals surface area contributed by atoms with Gasteiger partial charge < -0.3 is 14.8 Å². The molecule has 0 amide bonds. The van der Waals surface area contributed by atoms with Crippen molar-refractivity contribution in [1.29, 1.82) is 0 Å². The van der Waals surface area contributed by atoms with Crippen LogP contribution in [0.15, 0.2) is 24.3 Å². The minimum atomic E-state index is 0.564. The molecule has 0 spiro atoms. The summed E-state index contributed by atoms with van der Waals surface area (Å²) in [6.45, 7) is 7.25. The number of hydrogen-bond donors (Lipinski definition) is 1. The number of methoxy groups -OCH3 is 1. The van der Waals surface area contributed by atoms with Crippen LogP contribution in [0.2, 0.25) is 0 Å². The Morgan fingerprint density at radius 2 is 2.11 bits per heavy atom. The molecular weight excluding hydrogens is 240 g/mol. The van der Waals surface area contributed by atoms with Gasteiger partial charge in [0.05, 0.1) is 7.11 Å². The van der Waals surface area contributed by atoms with E-state index < -0.39 is 0 Å². The van der Waals surface area contributed by atoms with Crippen LogP contribution in [0, 0.1) is 0 Å². The van der Waals surface area contributed by atoms with Crippen LogP contribution >= 0.6 is 0 Å². The molecule has 1 N–H and O–H groups in total. The average molecular weight is 264 g/mol. The van der Waals surface area contributed by atoms with Gasteiger partial charge >= 0.3 is 0 Å². The standard InChI is InChI=1S/C15H24N2O2/c1-13-12-17(9-5-8-16-13)10-11-19-15-7-4-3-6-14(15)18-2/h3-4,6-7,13,16H,5,8-12H2,1-2H3. The van der Waals surface area contributed by atoms with Gasteiger partial charge in [-0.1, -0.05) is 12.1 Å². The molecule has 0 aliphatic carbocycles. The lowest BCUT2D eigenvalue weighted by atomic mass is 10.3. The van der Waals surface area contributed by atoms with Crippen molar-refractivity contribution in [3.05, 3.63) is 24.3 Å². The monoisotopic (exact) mass is 264 g/mol. The van der Waals surface area contributed by atoms with Gasteiger partial charge in [0.25, 0.3) is 0 Å². The van der Waals surface area contributed by atoms with Crippen molar-refractivity contribution in [3.8, 4) is 11.5 Å². The molecule has 0 bridgehead atoms. The highest BCUT2D eigenvalue weighted by atomic mass is 16.5. The number of para-hydroxylation sites is 2. The zero-order chi connectivity index (χ0) is 13.5. The lowest BCUT2D eigenvalue weighted by molar-refractivity contribution is 0.204. The summed E-state index contributed by atoms with van der Waals surface area (Å²) in [4.78, 5) is 2.46. The fraction of sp³-hybridized carbons (Fsp3) is 0.600. The van der Waals surface area contributed by atoms with Crippen molar-refractivity contribution in [1.82, 2.24) is 10.2 Å². The van der Waals surface area contributed by atoms with Crippen LogP contribution in [0.25, 0.3) is 0 Å². The van der Waals surface area contributed by atoms with E-state index in [4.69, 9.17) is 9.47 Å². The highest BCUT2D eigenvalue weighted by Gasteiger charge is 2.13. The van der Waals surface area contributed by atoms with Gasteiger partial charge in [0.1, 0.15) is 6.61 Å². The van der Waals surface area contributed by atoms with E-state index >= 15 is 0 Å². The maximum absolute atomic E-state index is 5.82. The van der Waals surface area contributed by atoms with E-state index in [9.17, 15) is 0 Å². The first-order valence-corrected chi connectivity index (χ1v) is 7.01. The molecule has 1 aromatic carbocycles. The molecule has 106 valence electrons. The Kier molecular flexibility index (Phi) is 5.48. The summed E-state index contributed by atoms with van der Waals surface area (Å²) in [5.41, 5.74) is 0. The summed E-state index contributed by atoms with van der Waals surface area (Å²) in [5.74, 6) is 1.62. The first-order chi connectivity index (χ1) is 9.29. The molecule has 4 heteroatoms. The van der Waals surface area contributed by atoms with Crippen LogP contribution in [0.3, 0.4) is 0 Å². The van der Waals surface area contributed by atoms with Gasteiger partial charge in [-0.2, -0.15) is 0 Å². The zero-order valence-electron chi connectivity index (χ0n) is 11.9. The van der Waals surface area contributed by atoms with Crippen molar-refractivity contribution in [2.75, 3.05) is 39.9 Å². The van der Waals surface area contributed by atoms with E-state index in [0.29, 0.717) is 12.6 Å². The summed E-state index contributed by atoms with van der Waals surface area (Å²) >= 11 is 0. The summed E-state index contributed by atoms with van der Waals surface area (Å²) in [7, 11) is 1.67. The van der Waals surface area contributed by atoms with E-state index in [1.54, 1.807) is 7.11 Å². The Balaban J connectivity index is 1.79. The van der Waals surface area contributed by atoms with Crippen molar-refractivity contribution in [3.63, 3.8) is 0 Å². The van der Waals surface area contributed by atoms with Crippen LogP contribution in [0.5, 0.6) is 11.5 Å². The molecule has 4 nitrogen and oxygen atoms in total. The molecule has 1 unspecified atom stereocenters. The second kappa shape index (κ2) is 7.36. The van der Waals surface area contributed by atoms with Gasteiger partial charge in [0.2, 0.25) is 0 Å². The number of nitrogens with one attached hydrogen (secondary N) is 1. The van der Waals surface area contributed by atoms with Crippen LogP contribution in [0.4, 0.5) is 0 Å². The SMILES string of the molecule is COc1ccccc1OCCN1CCCNC(C)C1. The molecule has 0 radical (unpaired) electrons. The Morgan fingerprint density at radius 3 is 2.89 bits per heavy atom. The number of hydrogen-bond acceptors (Lipinski definition) is 4. The summed E-state index contributed by atoms with van der Waals surface area (Å²) < 4.78 is 11.1. The van der Waals surface area contributed by atoms with Gasteiger partial charge in [-0.25, -0.2) is 0 Å². The van der Waals surface area contributed by atoms with E-state index in [1.165, 1.54) is 6.42 Å². The van der Waals surface area contributed by atoms with Gasteiger partial charge in [-0.3, -0.25) is 4.90 Å². The third-order valence-corrected chi connectivity index (χ3v) is 3.41. The minimum absolute atomic E-state index is 0.564. The van der Waals surface area contributed by atoms with Crippen molar-refractivity contribution < 1.29 is 9.47 Å². The van der Waals surface area contributed by atoms with E-state index in [1.807, 2.05) is 24.3 Å². The quantitative estimate of drug-likeness (QED) is 0.878. The molecule has 2 rings (SSSR count). The highest BCUT2D eigenvalue weighted by Crippen LogP contribution is 2.25. The number of nitrogens with zero attached hydrogens (tertiary/aromatic N) is 1. The Morgan fingerprint density at radius 1 is 1.32 bits per heavy atom. The molecule has 1 aliphatic heterocycles. The smallest absolute Gasteiger partial charge is 0.161 e. The molecular formula is C15H24N2O2. The van der Waals surface area contributed by atoms with Crippen molar-refractivity contribution in [2.24, 2.45) is 0 Å². The first kappa shape index (κ1) is 14.2. The maximum atomic E-state index is 5.82. The molecule has 1 saturated heterocycles. The molecule has 1 atom stereocenters. The third kappa shape index (κ3) is 4.40. The number of rotatable bonds is 5. The van der Waals surface area contributed by atoms with E-state index in [-0.39, 0.29) is 0 Å². The van der Waals surface area contributed by atoms with Crippen LogP contribution < -0.4 is 14.8 Å². The van der Waals surface area contributed by atoms with Gasteiger partial charge in [-0.05, 0) is 38.6 Å². The zero-order valence-corrected chi connectivity index (χ0v) is 11.9. The summed E-state index contributed by atoms with van der Waals surface area (Å²) in [6.07, 6.45) is 1.21. The third-order valence-electron chi connectivity index (χ3n) is 3.41. The molecule has 1 aliphatic rings. The van der Waals surface area contributed by atoms with E-state index in [0.717, 1.165) is 37.7 Å². The first-order valence-electron chi connectivity index (χ1n) is 7.01. The molecule has 1 fully saturated rings. The molecule has 1 heterocycles. The second-order valence-electron chi connectivity index (χ2n) is 5.01. The van der Waals surface area contributed by atoms with Gasteiger partial charge in [-0.15, -0.1) is 0 Å². The molecule has 19 heavy (non-hydrogen) atoms. The molecule has 1 aromatic rings. The maximum Gasteiger partial charge on any atom is 0.161 e. The average Bonchev–Trinajstić information content (AvgIpc) is 2.64. The minimum Gasteiger partial charge on any atom is -0.493 e. The normalized spacial score (nSPS) is 20.8. The summed E-state index contributed by atoms with van der Waals surface area (Å²) in [6, 6.07) is 8.36. The molecule has 0 aromatic heterocycles. The second-order valence-corrected chi connectivity index (χ2v) is 5.01. The lowest BCUT2D eigenvalue weighted by Crippen LogP contribution is -2.37. The van der Waals surface area contributed by atoms with Crippen LogP contribution in [0.1, 0.15) is 13.3 Å². The van der Waals surface area contributed by atoms with Crippen LogP contribution in [-0.2, 0) is 0 Å². The summed E-state index contributed by atoms with van der Waals surface area (Å²) in [5, 5.41) is 3.50. The highest BCUT2D eigenvalue weighted by molar-refractivity contribution is 5.39. The number of benzene rings is 1. The van der Waals surface area contributed by atoms with Crippen LogP contribution in [-0.4, -0.2) is 50.8 Å². The lowest BCUT2D eigenvalue weighted by Gasteiger charge is -2.22. The largest absolute Gasteiger partial charge is 0.493 e. The Labute approximate surface area is 115 Å². The number of ether oxygens (including phenoxy) is 2. The Bertz CT molecular complexity index is 384. The topological polar surface area (TPSA) is 33.7 Å². The molecule has 0 saturated carbocycles. The van der Waals surface area contributed by atoms with Gasteiger partial charge in [0, 0.05) is 19.1 Å². The fourth-order valence-corrected chi connectivity index (χ4v) is 2.42.